The van der Waals surface area contributed by atoms with Crippen LogP contribution in [-0.4, -0.2) is 15.8 Å². The molecule has 1 unspecified atom stereocenters. The number of benzene rings is 1. The first-order valence-electron chi connectivity index (χ1n) is 6.50. The number of rotatable bonds is 0. The molecular weight excluding hydrogens is 334 g/mol. The van der Waals surface area contributed by atoms with Crippen LogP contribution in [0.3, 0.4) is 0 Å². The molecule has 0 bridgehead atoms. The van der Waals surface area contributed by atoms with Crippen LogP contribution in [0.15, 0.2) is 39.8 Å². The molecule has 2 aromatic rings. The van der Waals surface area contributed by atoms with E-state index in [0.717, 1.165) is 15.9 Å². The van der Waals surface area contributed by atoms with Gasteiger partial charge in [0.15, 0.2) is 0 Å². The van der Waals surface area contributed by atoms with E-state index in [0.29, 0.717) is 11.7 Å². The number of halogens is 1. The minimum Gasteiger partial charge on any atom is -0.508 e. The number of aromatic nitrogens is 1. The van der Waals surface area contributed by atoms with Gasteiger partial charge in [0.2, 0.25) is 0 Å². The van der Waals surface area contributed by atoms with Crippen molar-refractivity contribution >= 4 is 38.8 Å². The molecule has 100 valence electrons. The molecule has 20 heavy (non-hydrogen) atoms. The maximum atomic E-state index is 9.75. The van der Waals surface area contributed by atoms with Crippen LogP contribution >= 0.6 is 27.7 Å². The fraction of sp³-hybridized carbons (Fsp3) is 0.188. The predicted octanol–water partition coefficient (Wildman–Crippen LogP) is 4.68. The Hall–Kier alpha value is -1.26. The molecule has 1 N–H and O–H groups in total. The van der Waals surface area contributed by atoms with E-state index in [-0.39, 0.29) is 0 Å². The summed E-state index contributed by atoms with van der Waals surface area (Å²) in [6, 6.07) is 7.84. The van der Waals surface area contributed by atoms with Gasteiger partial charge in [-0.15, -0.1) is 11.8 Å². The highest BCUT2D eigenvalue weighted by Gasteiger charge is 2.34. The molecule has 1 aromatic heterocycles. The quantitative estimate of drug-likeness (QED) is 0.752. The first-order valence-corrected chi connectivity index (χ1v) is 8.28. The van der Waals surface area contributed by atoms with E-state index in [1.165, 1.54) is 27.2 Å². The van der Waals surface area contributed by atoms with Crippen molar-refractivity contribution in [1.82, 2.24) is 4.98 Å². The lowest BCUT2D eigenvalue weighted by Gasteiger charge is -2.20. The second-order valence-electron chi connectivity index (χ2n) is 5.17. The maximum absolute atomic E-state index is 9.75. The van der Waals surface area contributed by atoms with Gasteiger partial charge in [-0.05, 0) is 56.4 Å². The Kier molecular flexibility index (Phi) is 2.72. The summed E-state index contributed by atoms with van der Waals surface area (Å²) >= 11 is 5.31. The molecule has 1 atom stereocenters. The summed E-state index contributed by atoms with van der Waals surface area (Å²) in [6.45, 7) is 2.22. The van der Waals surface area contributed by atoms with Crippen LogP contribution in [-0.2, 0) is 0 Å². The minimum atomic E-state index is 0.337. The Bertz CT molecular complexity index is 769. The van der Waals surface area contributed by atoms with Crippen molar-refractivity contribution < 1.29 is 5.11 Å². The topological polar surface area (TPSA) is 33.1 Å². The van der Waals surface area contributed by atoms with E-state index in [2.05, 4.69) is 33.9 Å². The van der Waals surface area contributed by atoms with Gasteiger partial charge in [0, 0.05) is 27.2 Å². The lowest BCUT2D eigenvalue weighted by Crippen LogP contribution is -2.03. The van der Waals surface area contributed by atoms with Crippen molar-refractivity contribution in [3.8, 4) is 5.75 Å². The third kappa shape index (κ3) is 1.68. The molecular formula is C16H12BrNOS. The van der Waals surface area contributed by atoms with Crippen LogP contribution in [0.2, 0.25) is 0 Å². The molecule has 4 rings (SSSR count). The SMILES string of the molecule is CC1C2=C(CSc3cc(Br)cnc32)c2cc(O)ccc21. The fourth-order valence-electron chi connectivity index (χ4n) is 3.13. The molecule has 1 aliphatic carbocycles. The number of aromatic hydroxyl groups is 1. The van der Waals surface area contributed by atoms with Crippen LogP contribution in [0.1, 0.15) is 29.7 Å². The molecule has 0 saturated heterocycles. The van der Waals surface area contributed by atoms with Gasteiger partial charge in [0.25, 0.3) is 0 Å². The number of allylic oxidation sites excluding steroid dienone is 1. The lowest BCUT2D eigenvalue weighted by atomic mass is 9.95. The van der Waals surface area contributed by atoms with Crippen molar-refractivity contribution in [3.63, 3.8) is 0 Å². The van der Waals surface area contributed by atoms with Gasteiger partial charge in [0.1, 0.15) is 5.75 Å². The van der Waals surface area contributed by atoms with Gasteiger partial charge in [-0.1, -0.05) is 13.0 Å². The van der Waals surface area contributed by atoms with Crippen LogP contribution in [0, 0.1) is 0 Å². The molecule has 2 heterocycles. The third-order valence-corrected chi connectivity index (χ3v) is 5.52. The van der Waals surface area contributed by atoms with Crippen LogP contribution < -0.4 is 0 Å². The normalized spacial score (nSPS) is 19.6. The Morgan fingerprint density at radius 2 is 2.20 bits per heavy atom. The molecule has 2 aliphatic rings. The van der Waals surface area contributed by atoms with E-state index in [4.69, 9.17) is 0 Å². The number of nitrogens with zero attached hydrogens (tertiary/aromatic N) is 1. The molecule has 2 nitrogen and oxygen atoms in total. The lowest BCUT2D eigenvalue weighted by molar-refractivity contribution is 0.475. The van der Waals surface area contributed by atoms with E-state index in [9.17, 15) is 5.11 Å². The monoisotopic (exact) mass is 345 g/mol. The smallest absolute Gasteiger partial charge is 0.116 e. The molecule has 1 aliphatic heterocycles. The zero-order valence-electron chi connectivity index (χ0n) is 10.9. The summed E-state index contributed by atoms with van der Waals surface area (Å²) < 4.78 is 1.02. The third-order valence-electron chi connectivity index (χ3n) is 4.03. The fourth-order valence-corrected chi connectivity index (χ4v) is 4.73. The number of thioether (sulfide) groups is 1. The molecule has 0 fully saturated rings. The maximum Gasteiger partial charge on any atom is 0.116 e. The average molecular weight is 346 g/mol. The second-order valence-corrected chi connectivity index (χ2v) is 7.11. The van der Waals surface area contributed by atoms with E-state index < -0.39 is 0 Å². The largest absolute Gasteiger partial charge is 0.508 e. The summed E-state index contributed by atoms with van der Waals surface area (Å²) in [5.74, 6) is 1.62. The zero-order valence-corrected chi connectivity index (χ0v) is 13.3. The summed E-state index contributed by atoms with van der Waals surface area (Å²) in [5, 5.41) is 9.75. The Balaban J connectivity index is 1.96. The van der Waals surface area contributed by atoms with Crippen LogP contribution in [0.4, 0.5) is 0 Å². The standard InChI is InChI=1S/C16H12BrNOS/c1-8-11-3-2-10(19)5-12(11)13-7-20-14-4-9(17)6-18-16(14)15(8)13/h2-6,8,19H,7H2,1H3. The second kappa shape index (κ2) is 4.37. The van der Waals surface area contributed by atoms with Gasteiger partial charge >= 0.3 is 0 Å². The molecule has 0 saturated carbocycles. The summed E-state index contributed by atoms with van der Waals surface area (Å²) in [5.41, 5.74) is 6.24. The molecule has 4 heteroatoms. The van der Waals surface area contributed by atoms with Gasteiger partial charge in [0.05, 0.1) is 5.69 Å². The van der Waals surface area contributed by atoms with Gasteiger partial charge < -0.3 is 5.11 Å². The molecule has 0 radical (unpaired) electrons. The van der Waals surface area contributed by atoms with Crippen molar-refractivity contribution in [3.05, 3.63) is 51.8 Å². The minimum absolute atomic E-state index is 0.337. The van der Waals surface area contributed by atoms with Gasteiger partial charge in [-0.3, -0.25) is 4.98 Å². The zero-order chi connectivity index (χ0) is 13.9. The van der Waals surface area contributed by atoms with Crippen molar-refractivity contribution in [2.24, 2.45) is 0 Å². The summed E-state index contributed by atoms with van der Waals surface area (Å²) in [4.78, 5) is 5.87. The molecule has 1 aromatic carbocycles. The first kappa shape index (κ1) is 12.5. The number of hydrogen-bond acceptors (Lipinski definition) is 3. The average Bonchev–Trinajstić information content (AvgIpc) is 2.71. The summed E-state index contributed by atoms with van der Waals surface area (Å²) in [6.07, 6.45) is 1.86. The highest BCUT2D eigenvalue weighted by molar-refractivity contribution is 9.10. The van der Waals surface area contributed by atoms with E-state index >= 15 is 0 Å². The molecule has 0 spiro atoms. The van der Waals surface area contributed by atoms with E-state index in [1.54, 1.807) is 6.07 Å². The predicted molar refractivity (Wildman–Crippen MR) is 86.0 cm³/mol. The first-order chi connectivity index (χ1) is 9.65. The Morgan fingerprint density at radius 3 is 3.05 bits per heavy atom. The number of phenols is 1. The number of phenolic OH excluding ortho intramolecular Hbond substituents is 1. The van der Waals surface area contributed by atoms with E-state index in [1.807, 2.05) is 30.1 Å². The van der Waals surface area contributed by atoms with Crippen molar-refractivity contribution in [1.29, 1.82) is 0 Å². The Morgan fingerprint density at radius 1 is 1.35 bits per heavy atom. The summed E-state index contributed by atoms with van der Waals surface area (Å²) in [7, 11) is 0. The Labute approximate surface area is 130 Å². The highest BCUT2D eigenvalue weighted by Crippen LogP contribution is 2.53. The van der Waals surface area contributed by atoms with Gasteiger partial charge in [-0.2, -0.15) is 0 Å². The number of pyridine rings is 1. The van der Waals surface area contributed by atoms with Crippen molar-refractivity contribution in [2.45, 2.75) is 17.7 Å². The number of fused-ring (bicyclic) bond motifs is 4. The van der Waals surface area contributed by atoms with Crippen LogP contribution in [0.25, 0.3) is 11.1 Å². The van der Waals surface area contributed by atoms with Gasteiger partial charge in [-0.25, -0.2) is 0 Å². The number of hydrogen-bond donors (Lipinski definition) is 1. The molecule has 0 amide bonds. The van der Waals surface area contributed by atoms with Crippen molar-refractivity contribution in [2.75, 3.05) is 5.75 Å². The highest BCUT2D eigenvalue weighted by atomic mass is 79.9. The van der Waals surface area contributed by atoms with Crippen LogP contribution in [0.5, 0.6) is 5.75 Å².